The van der Waals surface area contributed by atoms with Gasteiger partial charge in [0.15, 0.2) is 0 Å². The molecule has 1 N–H and O–H groups in total. The maximum absolute atomic E-state index is 11.9. The Labute approximate surface area is 110 Å². The zero-order valence-electron chi connectivity index (χ0n) is 10.7. The van der Waals surface area contributed by atoms with E-state index < -0.39 is 0 Å². The van der Waals surface area contributed by atoms with Gasteiger partial charge in [-0.05, 0) is 18.8 Å². The smallest absolute Gasteiger partial charge is 0.290 e. The summed E-state index contributed by atoms with van der Waals surface area (Å²) in [6, 6.07) is 1.74. The Morgan fingerprint density at radius 1 is 1.59 bits per heavy atom. The van der Waals surface area contributed by atoms with Crippen molar-refractivity contribution < 1.29 is 9.32 Å². The largest absolute Gasteiger partial charge is 0.351 e. The number of carbonyl (C=O) groups is 1. The van der Waals surface area contributed by atoms with Gasteiger partial charge in [0.2, 0.25) is 5.76 Å². The van der Waals surface area contributed by atoms with Crippen LogP contribution in [-0.2, 0) is 0 Å². The Balaban J connectivity index is 2.71. The molecule has 0 aliphatic carbocycles. The van der Waals surface area contributed by atoms with Crippen molar-refractivity contribution in [3.05, 3.63) is 17.5 Å². The number of hydrogen-bond donors (Lipinski definition) is 1. The van der Waals surface area contributed by atoms with Gasteiger partial charge >= 0.3 is 0 Å². The molecular weight excluding hydrogens is 284 g/mol. The van der Waals surface area contributed by atoms with Crippen molar-refractivity contribution in [1.29, 1.82) is 0 Å². The average molecular weight is 303 g/mol. The van der Waals surface area contributed by atoms with Crippen molar-refractivity contribution >= 4 is 21.8 Å². The van der Waals surface area contributed by atoms with Crippen LogP contribution in [0.5, 0.6) is 0 Å². The number of alkyl halides is 1. The Kier molecular flexibility index (Phi) is 4.74. The Morgan fingerprint density at radius 2 is 2.24 bits per heavy atom. The van der Waals surface area contributed by atoms with Gasteiger partial charge in [-0.15, -0.1) is 0 Å². The van der Waals surface area contributed by atoms with Crippen molar-refractivity contribution in [2.75, 3.05) is 5.33 Å². The number of halogens is 1. The van der Waals surface area contributed by atoms with Gasteiger partial charge in [-0.25, -0.2) is 0 Å². The van der Waals surface area contributed by atoms with E-state index in [-0.39, 0.29) is 23.1 Å². The van der Waals surface area contributed by atoms with Gasteiger partial charge in [0.25, 0.3) is 5.91 Å². The van der Waals surface area contributed by atoms with Crippen LogP contribution in [0.2, 0.25) is 0 Å². The molecule has 0 bridgehead atoms. The molecule has 17 heavy (non-hydrogen) atoms. The highest BCUT2D eigenvalue weighted by molar-refractivity contribution is 9.09. The van der Waals surface area contributed by atoms with Crippen molar-refractivity contribution in [3.63, 3.8) is 0 Å². The highest BCUT2D eigenvalue weighted by Gasteiger charge is 2.27. The second-order valence-electron chi connectivity index (χ2n) is 5.20. The number of nitrogens with zero attached hydrogens (tertiary/aromatic N) is 1. The van der Waals surface area contributed by atoms with Crippen molar-refractivity contribution in [2.45, 2.75) is 40.2 Å². The summed E-state index contributed by atoms with van der Waals surface area (Å²) in [6.45, 7) is 8.10. The first-order valence-electron chi connectivity index (χ1n) is 5.64. The molecule has 1 aromatic heterocycles. The summed E-state index contributed by atoms with van der Waals surface area (Å²) in [5.74, 6) is 0.0674. The average Bonchev–Trinajstić information content (AvgIpc) is 2.62. The minimum atomic E-state index is -0.202. The highest BCUT2D eigenvalue weighted by Crippen LogP contribution is 2.22. The van der Waals surface area contributed by atoms with Crippen LogP contribution < -0.4 is 5.32 Å². The molecule has 0 aliphatic heterocycles. The molecule has 0 aromatic carbocycles. The van der Waals surface area contributed by atoms with E-state index in [4.69, 9.17) is 4.52 Å². The van der Waals surface area contributed by atoms with Gasteiger partial charge in [0, 0.05) is 17.4 Å². The Bertz CT molecular complexity index is 382. The molecule has 0 fully saturated rings. The lowest BCUT2D eigenvalue weighted by molar-refractivity contribution is 0.0863. The summed E-state index contributed by atoms with van der Waals surface area (Å²) in [7, 11) is 0. The minimum Gasteiger partial charge on any atom is -0.351 e. The Hall–Kier alpha value is -0.840. The van der Waals surface area contributed by atoms with Crippen molar-refractivity contribution in [3.8, 4) is 0 Å². The van der Waals surface area contributed by atoms with E-state index in [0.29, 0.717) is 5.69 Å². The van der Waals surface area contributed by atoms with E-state index in [1.54, 1.807) is 13.0 Å². The van der Waals surface area contributed by atoms with Crippen molar-refractivity contribution in [2.24, 2.45) is 5.41 Å². The van der Waals surface area contributed by atoms with E-state index in [9.17, 15) is 4.79 Å². The molecule has 0 saturated carbocycles. The molecular formula is C12H19BrN2O2. The number of aryl methyl sites for hydroxylation is 1. The summed E-state index contributed by atoms with van der Waals surface area (Å²) in [6.07, 6.45) is 0.877. The van der Waals surface area contributed by atoms with E-state index >= 15 is 0 Å². The lowest BCUT2D eigenvalue weighted by Crippen LogP contribution is -2.43. The monoisotopic (exact) mass is 302 g/mol. The SMILES string of the molecule is Cc1cc(C(=O)NC(CCBr)C(C)(C)C)on1. The normalized spacial score (nSPS) is 13.5. The number of amides is 1. The van der Waals surface area contributed by atoms with E-state index in [1.165, 1.54) is 0 Å². The standard InChI is InChI=1S/C12H19BrN2O2/c1-8-7-9(17-15-8)11(16)14-10(5-6-13)12(2,3)4/h7,10H,5-6H2,1-4H3,(H,14,16). The van der Waals surface area contributed by atoms with E-state index in [0.717, 1.165) is 11.8 Å². The molecule has 1 atom stereocenters. The lowest BCUT2D eigenvalue weighted by Gasteiger charge is -2.30. The second-order valence-corrected chi connectivity index (χ2v) is 6.00. The number of hydrogen-bond acceptors (Lipinski definition) is 3. The molecule has 0 aliphatic rings. The first-order valence-corrected chi connectivity index (χ1v) is 6.77. The van der Waals surface area contributed by atoms with Crippen LogP contribution in [-0.4, -0.2) is 22.4 Å². The van der Waals surface area contributed by atoms with E-state index in [2.05, 4.69) is 47.2 Å². The maximum atomic E-state index is 11.9. The summed E-state index contributed by atoms with van der Waals surface area (Å²) in [5, 5.41) is 7.54. The fraction of sp³-hybridized carbons (Fsp3) is 0.667. The van der Waals surface area contributed by atoms with Crippen LogP contribution in [0.3, 0.4) is 0 Å². The zero-order valence-corrected chi connectivity index (χ0v) is 12.3. The molecule has 1 unspecified atom stereocenters. The molecule has 1 heterocycles. The van der Waals surface area contributed by atoms with Gasteiger partial charge < -0.3 is 9.84 Å². The third-order valence-corrected chi connectivity index (χ3v) is 3.06. The molecule has 0 saturated heterocycles. The number of nitrogens with one attached hydrogen (secondary N) is 1. The summed E-state index contributed by atoms with van der Waals surface area (Å²) >= 11 is 3.41. The fourth-order valence-electron chi connectivity index (χ4n) is 1.53. The molecule has 1 amide bonds. The van der Waals surface area contributed by atoms with Gasteiger partial charge in [0.05, 0.1) is 5.69 Å². The summed E-state index contributed by atoms with van der Waals surface area (Å²) in [5.41, 5.74) is 0.723. The maximum Gasteiger partial charge on any atom is 0.290 e. The van der Waals surface area contributed by atoms with Crippen LogP contribution in [0.15, 0.2) is 10.6 Å². The van der Waals surface area contributed by atoms with Crippen LogP contribution in [0, 0.1) is 12.3 Å². The van der Waals surface area contributed by atoms with Gasteiger partial charge in [-0.1, -0.05) is 41.9 Å². The first kappa shape index (κ1) is 14.2. The zero-order chi connectivity index (χ0) is 13.1. The summed E-state index contributed by atoms with van der Waals surface area (Å²) < 4.78 is 4.94. The van der Waals surface area contributed by atoms with Crippen molar-refractivity contribution in [1.82, 2.24) is 10.5 Å². The highest BCUT2D eigenvalue weighted by atomic mass is 79.9. The predicted molar refractivity (Wildman–Crippen MR) is 70.4 cm³/mol. The fourth-order valence-corrected chi connectivity index (χ4v) is 1.99. The van der Waals surface area contributed by atoms with Gasteiger partial charge in [-0.3, -0.25) is 4.79 Å². The number of aromatic nitrogens is 1. The third-order valence-electron chi connectivity index (χ3n) is 2.60. The van der Waals surface area contributed by atoms with Crippen LogP contribution in [0.25, 0.3) is 0 Å². The molecule has 0 radical (unpaired) electrons. The lowest BCUT2D eigenvalue weighted by atomic mass is 9.85. The van der Waals surface area contributed by atoms with Gasteiger partial charge in [0.1, 0.15) is 0 Å². The second kappa shape index (κ2) is 5.67. The Morgan fingerprint density at radius 3 is 2.65 bits per heavy atom. The first-order chi connectivity index (χ1) is 7.84. The van der Waals surface area contributed by atoms with E-state index in [1.807, 2.05) is 0 Å². The van der Waals surface area contributed by atoms with Gasteiger partial charge in [-0.2, -0.15) is 0 Å². The molecule has 96 valence electrons. The minimum absolute atomic E-state index is 0.0124. The molecule has 5 heteroatoms. The molecule has 0 spiro atoms. The predicted octanol–water partition coefficient (Wildman–Crippen LogP) is 2.91. The molecule has 4 nitrogen and oxygen atoms in total. The number of rotatable bonds is 4. The van der Waals surface area contributed by atoms with Crippen LogP contribution in [0.1, 0.15) is 43.4 Å². The quantitative estimate of drug-likeness (QED) is 0.870. The molecule has 1 rings (SSSR count). The number of carbonyl (C=O) groups excluding carboxylic acids is 1. The summed E-state index contributed by atoms with van der Waals surface area (Å²) in [4.78, 5) is 11.9. The van der Waals surface area contributed by atoms with Crippen LogP contribution in [0.4, 0.5) is 0 Å². The molecule has 1 aromatic rings. The topological polar surface area (TPSA) is 55.1 Å². The van der Waals surface area contributed by atoms with Crippen LogP contribution >= 0.6 is 15.9 Å². The third kappa shape index (κ3) is 4.15.